The van der Waals surface area contributed by atoms with E-state index in [1.54, 1.807) is 0 Å². The van der Waals surface area contributed by atoms with Crippen LogP contribution in [0.1, 0.15) is 33.1 Å². The van der Waals surface area contributed by atoms with Crippen molar-refractivity contribution in [2.75, 3.05) is 25.5 Å². The van der Waals surface area contributed by atoms with Crippen LogP contribution in [0, 0.1) is 5.41 Å². The Bertz CT molecular complexity index is 262. The van der Waals surface area contributed by atoms with Gasteiger partial charge in [-0.15, -0.1) is 0 Å². The summed E-state index contributed by atoms with van der Waals surface area (Å²) in [5.74, 6) is 1.18. The van der Waals surface area contributed by atoms with Crippen molar-refractivity contribution < 1.29 is 4.74 Å². The van der Waals surface area contributed by atoms with Crippen LogP contribution in [0.3, 0.4) is 0 Å². The highest BCUT2D eigenvalue weighted by Crippen LogP contribution is 2.30. The van der Waals surface area contributed by atoms with Crippen molar-refractivity contribution in [3.63, 3.8) is 0 Å². The maximum Gasteiger partial charge on any atom is 0.156 e. The van der Waals surface area contributed by atoms with Gasteiger partial charge >= 0.3 is 0 Å². The molecule has 0 amide bonds. The number of hydrogen-bond acceptors (Lipinski definition) is 3. The number of nitrogens with zero attached hydrogens (tertiary/aromatic N) is 1. The summed E-state index contributed by atoms with van der Waals surface area (Å²) < 4.78 is 5.40. The Morgan fingerprint density at radius 1 is 1.50 bits per heavy atom. The molecule has 2 saturated heterocycles. The van der Waals surface area contributed by atoms with Gasteiger partial charge in [0.05, 0.1) is 0 Å². The average molecular weight is 242 g/mol. The Morgan fingerprint density at radius 2 is 2.25 bits per heavy atom. The minimum atomic E-state index is 0.359. The van der Waals surface area contributed by atoms with Gasteiger partial charge in [0, 0.05) is 31.6 Å². The molecule has 16 heavy (non-hydrogen) atoms. The van der Waals surface area contributed by atoms with Crippen molar-refractivity contribution in [3.05, 3.63) is 0 Å². The molecule has 0 aromatic rings. The molecule has 0 spiro atoms. The maximum absolute atomic E-state index is 5.40. The SMILES string of the molecule is CCC1CSC(=NCC2(C)CCOCC2)N1. The van der Waals surface area contributed by atoms with E-state index in [9.17, 15) is 0 Å². The molecule has 2 fully saturated rings. The monoisotopic (exact) mass is 242 g/mol. The van der Waals surface area contributed by atoms with Gasteiger partial charge in [-0.05, 0) is 24.7 Å². The summed E-state index contributed by atoms with van der Waals surface area (Å²) in [6.45, 7) is 7.30. The van der Waals surface area contributed by atoms with Crippen molar-refractivity contribution in [2.45, 2.75) is 39.2 Å². The number of rotatable bonds is 3. The lowest BCUT2D eigenvalue weighted by atomic mass is 9.83. The van der Waals surface area contributed by atoms with Gasteiger partial charge in [-0.3, -0.25) is 4.99 Å². The van der Waals surface area contributed by atoms with Crippen LogP contribution in [0.15, 0.2) is 4.99 Å². The van der Waals surface area contributed by atoms with E-state index in [1.165, 1.54) is 12.2 Å². The predicted octanol–water partition coefficient (Wildman–Crippen LogP) is 2.27. The molecule has 1 unspecified atom stereocenters. The molecule has 92 valence electrons. The zero-order chi connectivity index (χ0) is 11.4. The first-order valence-electron chi connectivity index (χ1n) is 6.23. The first kappa shape index (κ1) is 12.2. The van der Waals surface area contributed by atoms with E-state index in [1.807, 2.05) is 11.8 Å². The topological polar surface area (TPSA) is 33.6 Å². The summed E-state index contributed by atoms with van der Waals surface area (Å²) in [6, 6.07) is 0.631. The third-order valence-corrected chi connectivity index (χ3v) is 4.64. The minimum Gasteiger partial charge on any atom is -0.381 e. The largest absolute Gasteiger partial charge is 0.381 e. The second-order valence-electron chi connectivity index (χ2n) is 5.10. The highest BCUT2D eigenvalue weighted by atomic mass is 32.2. The number of hydrogen-bond donors (Lipinski definition) is 1. The standard InChI is InChI=1S/C12H22N2OS/c1-3-10-8-16-11(14-10)13-9-12(2)4-6-15-7-5-12/h10H,3-9H2,1-2H3,(H,13,14). The summed E-state index contributed by atoms with van der Waals surface area (Å²) in [5, 5.41) is 4.63. The fourth-order valence-corrected chi connectivity index (χ4v) is 3.12. The van der Waals surface area contributed by atoms with E-state index < -0.39 is 0 Å². The van der Waals surface area contributed by atoms with Gasteiger partial charge in [-0.25, -0.2) is 0 Å². The molecule has 2 heterocycles. The van der Waals surface area contributed by atoms with E-state index in [-0.39, 0.29) is 0 Å². The Kier molecular flexibility index (Phi) is 4.14. The van der Waals surface area contributed by atoms with Crippen LogP contribution in [0.25, 0.3) is 0 Å². The van der Waals surface area contributed by atoms with Crippen molar-refractivity contribution in [1.82, 2.24) is 5.32 Å². The van der Waals surface area contributed by atoms with Gasteiger partial charge in [-0.2, -0.15) is 0 Å². The van der Waals surface area contributed by atoms with E-state index in [0.29, 0.717) is 11.5 Å². The second-order valence-corrected chi connectivity index (χ2v) is 6.11. The molecule has 1 atom stereocenters. The molecule has 2 rings (SSSR count). The number of thioether (sulfide) groups is 1. The average Bonchev–Trinajstić information content (AvgIpc) is 2.75. The molecule has 0 aliphatic carbocycles. The number of ether oxygens (including phenoxy) is 1. The highest BCUT2D eigenvalue weighted by Gasteiger charge is 2.28. The van der Waals surface area contributed by atoms with Crippen LogP contribution in [-0.4, -0.2) is 36.7 Å². The predicted molar refractivity (Wildman–Crippen MR) is 70.1 cm³/mol. The lowest BCUT2D eigenvalue weighted by Gasteiger charge is -2.31. The number of amidine groups is 1. The Morgan fingerprint density at radius 3 is 2.88 bits per heavy atom. The number of nitrogens with one attached hydrogen (secondary N) is 1. The van der Waals surface area contributed by atoms with Crippen molar-refractivity contribution in [2.24, 2.45) is 10.4 Å². The molecule has 0 aromatic heterocycles. The van der Waals surface area contributed by atoms with Crippen LogP contribution in [-0.2, 0) is 4.74 Å². The van der Waals surface area contributed by atoms with Gasteiger partial charge in [-0.1, -0.05) is 25.6 Å². The van der Waals surface area contributed by atoms with Gasteiger partial charge in [0.25, 0.3) is 0 Å². The molecule has 2 aliphatic heterocycles. The fraction of sp³-hybridized carbons (Fsp3) is 0.917. The fourth-order valence-electron chi connectivity index (χ4n) is 2.03. The first-order valence-corrected chi connectivity index (χ1v) is 7.22. The molecule has 0 aromatic carbocycles. The van der Waals surface area contributed by atoms with Crippen LogP contribution in [0.5, 0.6) is 0 Å². The van der Waals surface area contributed by atoms with Crippen LogP contribution in [0.2, 0.25) is 0 Å². The van der Waals surface area contributed by atoms with Crippen molar-refractivity contribution in [3.8, 4) is 0 Å². The van der Waals surface area contributed by atoms with E-state index in [0.717, 1.165) is 37.8 Å². The molecule has 2 aliphatic rings. The van der Waals surface area contributed by atoms with Gasteiger partial charge in [0.15, 0.2) is 5.17 Å². The minimum absolute atomic E-state index is 0.359. The lowest BCUT2D eigenvalue weighted by molar-refractivity contribution is 0.0283. The van der Waals surface area contributed by atoms with E-state index in [2.05, 4.69) is 19.2 Å². The lowest BCUT2D eigenvalue weighted by Crippen LogP contribution is -2.31. The van der Waals surface area contributed by atoms with E-state index >= 15 is 0 Å². The van der Waals surface area contributed by atoms with Crippen LogP contribution >= 0.6 is 11.8 Å². The van der Waals surface area contributed by atoms with E-state index in [4.69, 9.17) is 9.73 Å². The number of aliphatic imine (C=N–C) groups is 1. The Labute approximate surface area is 102 Å². The van der Waals surface area contributed by atoms with Crippen molar-refractivity contribution >= 4 is 16.9 Å². The summed E-state index contributed by atoms with van der Waals surface area (Å²) in [6.07, 6.45) is 3.48. The zero-order valence-electron chi connectivity index (χ0n) is 10.3. The quantitative estimate of drug-likeness (QED) is 0.824. The van der Waals surface area contributed by atoms with Gasteiger partial charge in [0.1, 0.15) is 0 Å². The smallest absolute Gasteiger partial charge is 0.156 e. The Balaban J connectivity index is 1.83. The first-order chi connectivity index (χ1) is 7.72. The zero-order valence-corrected chi connectivity index (χ0v) is 11.1. The van der Waals surface area contributed by atoms with Crippen LogP contribution < -0.4 is 5.32 Å². The normalized spacial score (nSPS) is 31.6. The van der Waals surface area contributed by atoms with Crippen molar-refractivity contribution in [1.29, 1.82) is 0 Å². The Hall–Kier alpha value is -0.220. The molecular weight excluding hydrogens is 220 g/mol. The molecule has 0 radical (unpaired) electrons. The molecule has 3 nitrogen and oxygen atoms in total. The molecule has 1 N–H and O–H groups in total. The third-order valence-electron chi connectivity index (χ3n) is 3.55. The third kappa shape index (κ3) is 3.14. The molecular formula is C12H22N2OS. The highest BCUT2D eigenvalue weighted by molar-refractivity contribution is 8.14. The summed E-state index contributed by atoms with van der Waals surface area (Å²) in [7, 11) is 0. The maximum atomic E-state index is 5.40. The van der Waals surface area contributed by atoms with Gasteiger partial charge < -0.3 is 10.1 Å². The second kappa shape index (κ2) is 5.41. The summed E-state index contributed by atoms with van der Waals surface area (Å²) in [5.41, 5.74) is 0.359. The van der Waals surface area contributed by atoms with Crippen LogP contribution in [0.4, 0.5) is 0 Å². The summed E-state index contributed by atoms with van der Waals surface area (Å²) in [4.78, 5) is 4.73. The molecule has 4 heteroatoms. The molecule has 0 bridgehead atoms. The van der Waals surface area contributed by atoms with Gasteiger partial charge in [0.2, 0.25) is 0 Å². The summed E-state index contributed by atoms with van der Waals surface area (Å²) >= 11 is 1.87. The molecule has 0 saturated carbocycles.